The van der Waals surface area contributed by atoms with E-state index in [1.165, 1.54) is 10.8 Å². The topological polar surface area (TPSA) is 42.0 Å². The van der Waals surface area contributed by atoms with E-state index in [0.717, 1.165) is 38.4 Å². The number of para-hydroxylation sites is 1. The normalized spacial score (nSPS) is 14.6. The van der Waals surface area contributed by atoms with E-state index in [0.29, 0.717) is 18.8 Å². The number of amides is 1. The predicted molar refractivity (Wildman–Crippen MR) is 114 cm³/mol. The van der Waals surface area contributed by atoms with Crippen molar-refractivity contribution in [2.45, 2.75) is 6.54 Å². The lowest BCUT2D eigenvalue weighted by atomic mass is 10.0. The van der Waals surface area contributed by atoms with Crippen LogP contribution >= 0.6 is 0 Å². The molecule has 0 radical (unpaired) electrons. The molecule has 1 saturated heterocycles. The van der Waals surface area contributed by atoms with Gasteiger partial charge in [-0.25, -0.2) is 4.79 Å². The van der Waals surface area contributed by atoms with Gasteiger partial charge in [0.15, 0.2) is 0 Å². The van der Waals surface area contributed by atoms with E-state index in [1.54, 1.807) is 17.0 Å². The summed E-state index contributed by atoms with van der Waals surface area (Å²) in [6, 6.07) is 23.7. The number of benzene rings is 3. The molecule has 3 aromatic rings. The van der Waals surface area contributed by atoms with Crippen LogP contribution in [0.5, 0.6) is 5.75 Å². The number of morpholine rings is 1. The monoisotopic (exact) mass is 390 g/mol. The minimum Gasteiger partial charge on any atom is -0.410 e. The van der Waals surface area contributed by atoms with Crippen molar-refractivity contribution in [3.05, 3.63) is 78.4 Å². The molecule has 29 heavy (non-hydrogen) atoms. The van der Waals surface area contributed by atoms with Crippen LogP contribution in [0.2, 0.25) is 0 Å². The molecule has 0 aliphatic carbocycles. The van der Waals surface area contributed by atoms with Crippen molar-refractivity contribution in [1.29, 1.82) is 0 Å². The Morgan fingerprint density at radius 2 is 1.66 bits per heavy atom. The maximum atomic E-state index is 13.0. The molecule has 3 aromatic carbocycles. The van der Waals surface area contributed by atoms with Gasteiger partial charge in [0.25, 0.3) is 0 Å². The maximum absolute atomic E-state index is 13.0. The van der Waals surface area contributed by atoms with Crippen LogP contribution < -0.4 is 4.74 Å². The van der Waals surface area contributed by atoms with Gasteiger partial charge in [0.2, 0.25) is 0 Å². The first-order valence-corrected chi connectivity index (χ1v) is 10.1. The molecule has 1 aliphatic heterocycles. The van der Waals surface area contributed by atoms with Gasteiger partial charge < -0.3 is 14.4 Å². The van der Waals surface area contributed by atoms with Crippen molar-refractivity contribution < 1.29 is 14.3 Å². The number of fused-ring (bicyclic) bond motifs is 1. The fraction of sp³-hybridized carbons (Fsp3) is 0.292. The third-order valence-electron chi connectivity index (χ3n) is 5.24. The molecule has 0 saturated carbocycles. The molecule has 1 aliphatic rings. The van der Waals surface area contributed by atoms with Gasteiger partial charge >= 0.3 is 6.09 Å². The summed E-state index contributed by atoms with van der Waals surface area (Å²) in [5.74, 6) is 0.562. The van der Waals surface area contributed by atoms with E-state index in [4.69, 9.17) is 9.47 Å². The molecule has 5 nitrogen and oxygen atoms in total. The van der Waals surface area contributed by atoms with Crippen molar-refractivity contribution in [3.8, 4) is 5.75 Å². The Kier molecular flexibility index (Phi) is 6.39. The maximum Gasteiger partial charge on any atom is 0.415 e. The molecule has 5 heteroatoms. The van der Waals surface area contributed by atoms with E-state index in [9.17, 15) is 4.79 Å². The van der Waals surface area contributed by atoms with E-state index in [1.807, 2.05) is 36.4 Å². The SMILES string of the molecule is O=C(Oc1ccccc1)N(CCN1CCOCC1)Cc1cccc2ccccc12. The Hall–Kier alpha value is -2.89. The number of rotatable bonds is 6. The molecule has 4 rings (SSSR count). The van der Waals surface area contributed by atoms with Gasteiger partial charge in [-0.3, -0.25) is 4.90 Å². The van der Waals surface area contributed by atoms with E-state index < -0.39 is 0 Å². The smallest absolute Gasteiger partial charge is 0.410 e. The first-order valence-electron chi connectivity index (χ1n) is 10.1. The molecule has 1 amide bonds. The average Bonchev–Trinajstić information content (AvgIpc) is 2.78. The summed E-state index contributed by atoms with van der Waals surface area (Å²) in [5.41, 5.74) is 1.12. The molecule has 150 valence electrons. The van der Waals surface area contributed by atoms with Crippen LogP contribution in [0.15, 0.2) is 72.8 Å². The fourth-order valence-corrected chi connectivity index (χ4v) is 3.61. The van der Waals surface area contributed by atoms with Gasteiger partial charge in [-0.1, -0.05) is 60.7 Å². The summed E-state index contributed by atoms with van der Waals surface area (Å²) in [5, 5.41) is 2.34. The number of carbonyl (C=O) groups is 1. The second-order valence-corrected chi connectivity index (χ2v) is 7.19. The zero-order valence-electron chi connectivity index (χ0n) is 16.5. The number of carbonyl (C=O) groups excluding carboxylic acids is 1. The molecule has 1 heterocycles. The summed E-state index contributed by atoms with van der Waals surface area (Å²) >= 11 is 0. The molecular formula is C24H26N2O3. The lowest BCUT2D eigenvalue weighted by Gasteiger charge is -2.30. The molecule has 0 unspecified atom stereocenters. The number of nitrogens with zero attached hydrogens (tertiary/aromatic N) is 2. The number of hydrogen-bond donors (Lipinski definition) is 0. The Morgan fingerprint density at radius 3 is 2.48 bits per heavy atom. The Bertz CT molecular complexity index is 934. The molecule has 1 fully saturated rings. The third-order valence-corrected chi connectivity index (χ3v) is 5.24. The van der Waals surface area contributed by atoms with Gasteiger partial charge in [0.05, 0.1) is 13.2 Å². The van der Waals surface area contributed by atoms with Crippen molar-refractivity contribution in [1.82, 2.24) is 9.80 Å². The van der Waals surface area contributed by atoms with Crippen LogP contribution in [0.4, 0.5) is 4.79 Å². The van der Waals surface area contributed by atoms with E-state index in [-0.39, 0.29) is 6.09 Å². The minimum atomic E-state index is -0.322. The average molecular weight is 390 g/mol. The highest BCUT2D eigenvalue weighted by Crippen LogP contribution is 2.21. The van der Waals surface area contributed by atoms with Gasteiger partial charge in [-0.2, -0.15) is 0 Å². The number of hydrogen-bond acceptors (Lipinski definition) is 4. The van der Waals surface area contributed by atoms with Crippen molar-refractivity contribution in [3.63, 3.8) is 0 Å². The van der Waals surface area contributed by atoms with E-state index >= 15 is 0 Å². The van der Waals surface area contributed by atoms with Crippen LogP contribution in [0.1, 0.15) is 5.56 Å². The fourth-order valence-electron chi connectivity index (χ4n) is 3.61. The van der Waals surface area contributed by atoms with Gasteiger partial charge in [-0.05, 0) is 28.5 Å². The van der Waals surface area contributed by atoms with Crippen LogP contribution in [-0.4, -0.2) is 55.3 Å². The Morgan fingerprint density at radius 1 is 0.931 bits per heavy atom. The lowest BCUT2D eigenvalue weighted by molar-refractivity contribution is 0.0335. The van der Waals surface area contributed by atoms with Crippen molar-refractivity contribution in [2.75, 3.05) is 39.4 Å². The Labute approximate surface area is 171 Å². The molecule has 0 bridgehead atoms. The summed E-state index contributed by atoms with van der Waals surface area (Å²) in [7, 11) is 0. The van der Waals surface area contributed by atoms with Gasteiger partial charge in [0.1, 0.15) is 5.75 Å². The second kappa shape index (κ2) is 9.54. The number of ether oxygens (including phenoxy) is 2. The zero-order valence-corrected chi connectivity index (χ0v) is 16.5. The van der Waals surface area contributed by atoms with Crippen molar-refractivity contribution >= 4 is 16.9 Å². The zero-order chi connectivity index (χ0) is 19.9. The van der Waals surface area contributed by atoms with Gasteiger partial charge in [-0.15, -0.1) is 0 Å². The second-order valence-electron chi connectivity index (χ2n) is 7.19. The first-order chi connectivity index (χ1) is 14.3. The van der Waals surface area contributed by atoms with E-state index in [2.05, 4.69) is 29.2 Å². The summed E-state index contributed by atoms with van der Waals surface area (Å²) in [6.07, 6.45) is -0.322. The molecule has 0 atom stereocenters. The largest absolute Gasteiger partial charge is 0.415 e. The molecule has 0 aromatic heterocycles. The molecular weight excluding hydrogens is 364 g/mol. The highest BCUT2D eigenvalue weighted by Gasteiger charge is 2.19. The van der Waals surface area contributed by atoms with Crippen LogP contribution in [-0.2, 0) is 11.3 Å². The minimum absolute atomic E-state index is 0.322. The van der Waals surface area contributed by atoms with Crippen molar-refractivity contribution in [2.24, 2.45) is 0 Å². The Balaban J connectivity index is 1.52. The quantitative estimate of drug-likeness (QED) is 0.633. The summed E-state index contributed by atoms with van der Waals surface area (Å²) in [6.45, 7) is 5.21. The standard InChI is InChI=1S/C24H26N2O3/c27-24(29-22-10-2-1-3-11-22)26(14-13-25-15-17-28-18-16-25)19-21-9-6-8-20-7-4-5-12-23(20)21/h1-12H,13-19H2. The van der Waals surface area contributed by atoms with Crippen LogP contribution in [0, 0.1) is 0 Å². The third kappa shape index (κ3) is 5.13. The predicted octanol–water partition coefficient (Wildman–Crippen LogP) is 4.17. The summed E-state index contributed by atoms with van der Waals surface area (Å²) in [4.78, 5) is 17.1. The van der Waals surface area contributed by atoms with Crippen LogP contribution in [0.25, 0.3) is 10.8 Å². The highest BCUT2D eigenvalue weighted by atomic mass is 16.6. The molecule has 0 spiro atoms. The first kappa shape index (κ1) is 19.4. The summed E-state index contributed by atoms with van der Waals surface area (Å²) < 4.78 is 11.1. The highest BCUT2D eigenvalue weighted by molar-refractivity contribution is 5.86. The van der Waals surface area contributed by atoms with Gasteiger partial charge in [0, 0.05) is 32.7 Å². The lowest BCUT2D eigenvalue weighted by Crippen LogP contribution is -2.43. The molecule has 0 N–H and O–H groups in total. The van der Waals surface area contributed by atoms with Crippen LogP contribution in [0.3, 0.4) is 0 Å².